The fraction of sp³-hybridized carbons (Fsp3) is 0.449. The van der Waals surface area contributed by atoms with Crippen molar-refractivity contribution in [3.8, 4) is 23.0 Å². The smallest absolute Gasteiger partial charge is 0.333 e. The van der Waals surface area contributed by atoms with Gasteiger partial charge in [-0.25, -0.2) is 4.79 Å². The van der Waals surface area contributed by atoms with Crippen LogP contribution in [0.4, 0.5) is 0 Å². The van der Waals surface area contributed by atoms with Gasteiger partial charge in [-0.05, 0) is 143 Å². The van der Waals surface area contributed by atoms with Gasteiger partial charge in [0, 0.05) is 17.4 Å². The number of ether oxygens (including phenoxy) is 9. The minimum atomic E-state index is -3.41. The highest BCUT2D eigenvalue weighted by Gasteiger charge is 2.46. The fourth-order valence-electron chi connectivity index (χ4n) is 13.1. The summed E-state index contributed by atoms with van der Waals surface area (Å²) >= 11 is 0. The molecule has 0 fully saturated rings. The van der Waals surface area contributed by atoms with E-state index in [-0.39, 0.29) is 50.1 Å². The van der Waals surface area contributed by atoms with Crippen LogP contribution < -0.4 is 34.5 Å². The van der Waals surface area contributed by atoms with Crippen molar-refractivity contribution in [2.45, 2.75) is 202 Å². The van der Waals surface area contributed by atoms with E-state index in [0.29, 0.717) is 18.1 Å². The van der Waals surface area contributed by atoms with E-state index in [2.05, 4.69) is 191 Å². The first-order valence-electron chi connectivity index (χ1n) is 37.3. The predicted molar refractivity (Wildman–Crippen MR) is 425 cm³/mol. The predicted octanol–water partition coefficient (Wildman–Crippen LogP) is 19.3. The monoisotopic (exact) mass is 1440 g/mol. The number of carbonyl (C=O) groups is 1. The van der Waals surface area contributed by atoms with Crippen LogP contribution in [0.2, 0.25) is 18.1 Å². The van der Waals surface area contributed by atoms with E-state index in [1.807, 2.05) is 97.9 Å². The SMILES string of the molecule is CCCCCCCCCC[C@H](C)[C@@H](OCc1ccc(OC)cc1)[C@@H](C)/C=C(C)/C=C(\C)[C@H](O[Si](c1ccccc1)(c1ccccc1)c1ccccc1)[C@H](C)/C=C(\C)C(=O)O[C@H](COCc1ccc(OC)cc1)[C@@H](OCc1ccc(OC)cc1)[C@@H](CO[Si](C)(C)C(C)(C)C)OCc1ccc(OC)cc1. The molecule has 14 heteroatoms. The van der Waals surface area contributed by atoms with Crippen LogP contribution in [0.15, 0.2) is 223 Å². The van der Waals surface area contributed by atoms with Crippen LogP contribution in [0, 0.1) is 17.8 Å². The van der Waals surface area contributed by atoms with Gasteiger partial charge in [0.1, 0.15) is 35.2 Å². The van der Waals surface area contributed by atoms with Crippen molar-refractivity contribution in [1.82, 2.24) is 0 Å². The molecule has 103 heavy (non-hydrogen) atoms. The summed E-state index contributed by atoms with van der Waals surface area (Å²) in [6.45, 7) is 27.6. The van der Waals surface area contributed by atoms with Crippen molar-refractivity contribution < 1.29 is 56.3 Å². The first kappa shape index (κ1) is 82.9. The number of methoxy groups -OCH3 is 4. The highest BCUT2D eigenvalue weighted by molar-refractivity contribution is 7.07. The molecule has 0 aliphatic carbocycles. The van der Waals surface area contributed by atoms with E-state index in [1.54, 1.807) is 28.4 Å². The van der Waals surface area contributed by atoms with Gasteiger partial charge in [-0.1, -0.05) is 263 Å². The van der Waals surface area contributed by atoms with Gasteiger partial charge in [0.2, 0.25) is 0 Å². The number of rotatable bonds is 45. The normalized spacial score (nSPS) is 14.9. The minimum absolute atomic E-state index is 0.0430. The molecule has 0 unspecified atom stereocenters. The summed E-state index contributed by atoms with van der Waals surface area (Å²) in [4.78, 5) is 15.7. The Balaban J connectivity index is 1.32. The van der Waals surface area contributed by atoms with Gasteiger partial charge in [-0.15, -0.1) is 0 Å². The first-order chi connectivity index (χ1) is 49.6. The third kappa shape index (κ3) is 25.7. The Kier molecular flexibility index (Phi) is 34.2. The molecule has 0 heterocycles. The maximum absolute atomic E-state index is 15.7. The van der Waals surface area contributed by atoms with Crippen LogP contribution >= 0.6 is 0 Å². The number of esters is 1. The molecule has 0 aromatic heterocycles. The lowest BCUT2D eigenvalue weighted by molar-refractivity contribution is -0.182. The van der Waals surface area contributed by atoms with Crippen molar-refractivity contribution in [1.29, 1.82) is 0 Å². The fourth-order valence-corrected chi connectivity index (χ4v) is 18.3. The summed E-state index contributed by atoms with van der Waals surface area (Å²) in [6, 6.07) is 63.5. The van der Waals surface area contributed by atoms with Crippen LogP contribution in [-0.4, -0.2) is 94.8 Å². The summed E-state index contributed by atoms with van der Waals surface area (Å²) in [6.07, 6.45) is 14.6. The second-order valence-corrected chi connectivity index (χ2v) is 37.4. The maximum Gasteiger partial charge on any atom is 0.333 e. The van der Waals surface area contributed by atoms with E-state index >= 15 is 4.79 Å². The maximum atomic E-state index is 15.7. The average molecular weight is 1440 g/mol. The topological polar surface area (TPSA) is 119 Å². The van der Waals surface area contributed by atoms with Crippen molar-refractivity contribution in [2.75, 3.05) is 41.7 Å². The van der Waals surface area contributed by atoms with Crippen LogP contribution in [-0.2, 0) is 63.8 Å². The molecule has 0 spiro atoms. The number of hydrogen-bond acceptors (Lipinski definition) is 12. The van der Waals surface area contributed by atoms with Crippen molar-refractivity contribution >= 4 is 38.2 Å². The van der Waals surface area contributed by atoms with Crippen LogP contribution in [0.3, 0.4) is 0 Å². The second-order valence-electron chi connectivity index (χ2n) is 29.2. The number of benzene rings is 7. The van der Waals surface area contributed by atoms with E-state index in [4.69, 9.17) is 51.5 Å². The number of unbranched alkanes of at least 4 members (excludes halogenated alkanes) is 7. The molecular formula is C89H120O12Si2. The molecule has 0 saturated carbocycles. The number of hydrogen-bond donors (Lipinski definition) is 0. The summed E-state index contributed by atoms with van der Waals surface area (Å²) in [7, 11) is 0.811. The average Bonchev–Trinajstić information content (AvgIpc) is 0.748. The van der Waals surface area contributed by atoms with Crippen LogP contribution in [0.5, 0.6) is 23.0 Å². The first-order valence-corrected chi connectivity index (χ1v) is 42.1. The molecule has 0 aliphatic heterocycles. The standard InChI is InChI=1S/C89H120O12Si2/c1-17-18-19-20-21-22-23-27-34-67(3)85(97-62-74-45-53-78(93-13)54-46-74)68(4)57-66(2)58-69(5)86(101-103(80-35-28-24-29-36-80,81-37-30-25-31-38-81)82-39-32-26-33-40-82)70(6)59-71(7)88(90)100-84(64-95-60-72-41-49-76(91-11)50-42-72)87(98-63-75-47-55-79(94-14)56-48-75)83(65-99-102(15,16)89(8,9)10)96-61-73-43-51-77(92-12)52-44-73/h24-26,28-33,35-59,67-68,70,83-87H,17-23,27,34,60-65H2,1-16H3/b66-57+,69-58+,71-59+/t67-,68-,70+,83+,84+,85+,86-,87-/m0/s1. The lowest BCUT2D eigenvalue weighted by Crippen LogP contribution is -2.70. The summed E-state index contributed by atoms with van der Waals surface area (Å²) in [5, 5.41) is 3.16. The molecule has 12 nitrogen and oxygen atoms in total. The third-order valence-electron chi connectivity index (χ3n) is 20.1. The molecule has 0 bridgehead atoms. The zero-order chi connectivity index (χ0) is 74.2. The van der Waals surface area contributed by atoms with Crippen molar-refractivity contribution in [3.05, 3.63) is 245 Å². The van der Waals surface area contributed by atoms with E-state index in [1.165, 1.54) is 51.4 Å². The largest absolute Gasteiger partial charge is 0.497 e. The Labute approximate surface area is 620 Å². The van der Waals surface area contributed by atoms with Gasteiger partial charge in [0.15, 0.2) is 14.4 Å². The molecule has 0 amide bonds. The molecule has 556 valence electrons. The Morgan fingerprint density at radius 2 is 0.874 bits per heavy atom. The quantitative estimate of drug-likeness (QED) is 0.00903. The zero-order valence-electron chi connectivity index (χ0n) is 64.8. The Morgan fingerprint density at radius 1 is 0.466 bits per heavy atom. The molecule has 0 radical (unpaired) electrons. The molecule has 7 aromatic carbocycles. The Hall–Kier alpha value is -7.38. The van der Waals surface area contributed by atoms with Gasteiger partial charge in [-0.2, -0.15) is 0 Å². The van der Waals surface area contributed by atoms with Crippen molar-refractivity contribution in [2.24, 2.45) is 17.8 Å². The molecule has 7 aromatic rings. The molecule has 0 saturated heterocycles. The molecule has 7 rings (SSSR count). The highest BCUT2D eigenvalue weighted by Crippen LogP contribution is 2.38. The van der Waals surface area contributed by atoms with Gasteiger partial charge >= 0.3 is 5.97 Å². The second kappa shape index (κ2) is 42.5. The molecule has 0 N–H and O–H groups in total. The van der Waals surface area contributed by atoms with E-state index < -0.39 is 52.9 Å². The third-order valence-corrected chi connectivity index (χ3v) is 28.7. The van der Waals surface area contributed by atoms with Gasteiger partial charge in [0.25, 0.3) is 8.32 Å². The van der Waals surface area contributed by atoms with Crippen molar-refractivity contribution in [3.63, 3.8) is 0 Å². The number of allylic oxidation sites excluding steroid dienone is 2. The van der Waals surface area contributed by atoms with Crippen LogP contribution in [0.25, 0.3) is 0 Å². The molecular weight excluding hydrogens is 1320 g/mol. The lowest BCUT2D eigenvalue weighted by Gasteiger charge is -2.39. The van der Waals surface area contributed by atoms with E-state index in [9.17, 15) is 0 Å². The Morgan fingerprint density at radius 3 is 1.30 bits per heavy atom. The van der Waals surface area contributed by atoms with Gasteiger partial charge in [0.05, 0.1) is 80.3 Å². The number of carbonyl (C=O) groups excluding carboxylic acids is 1. The lowest BCUT2D eigenvalue weighted by atomic mass is 9.87. The Bertz CT molecular complexity index is 3530. The highest BCUT2D eigenvalue weighted by atomic mass is 28.4. The zero-order valence-corrected chi connectivity index (χ0v) is 66.8. The molecule has 8 atom stereocenters. The summed E-state index contributed by atoms with van der Waals surface area (Å²) < 4.78 is 72.2. The van der Waals surface area contributed by atoms with Gasteiger partial charge < -0.3 is 51.5 Å². The summed E-state index contributed by atoms with van der Waals surface area (Å²) in [5.74, 6) is 2.45. The molecule has 0 aliphatic rings. The van der Waals surface area contributed by atoms with E-state index in [0.717, 1.165) is 78.4 Å². The summed E-state index contributed by atoms with van der Waals surface area (Å²) in [5.41, 5.74) is 6.31. The van der Waals surface area contributed by atoms with Crippen LogP contribution in [0.1, 0.15) is 149 Å². The minimum Gasteiger partial charge on any atom is -0.497 e. The van der Waals surface area contributed by atoms with Gasteiger partial charge in [-0.3, -0.25) is 0 Å².